The third-order valence-corrected chi connectivity index (χ3v) is 2.30. The quantitative estimate of drug-likeness (QED) is 0.867. The fourth-order valence-corrected chi connectivity index (χ4v) is 1.46. The normalized spacial score (nSPS) is 10.3. The molecule has 3 nitrogen and oxygen atoms in total. The van der Waals surface area contributed by atoms with Gasteiger partial charge in [-0.15, -0.1) is 0 Å². The third-order valence-electron chi connectivity index (χ3n) is 1.97. The number of aromatic nitrogens is 1. The van der Waals surface area contributed by atoms with Gasteiger partial charge in [-0.25, -0.2) is 4.98 Å². The predicted octanol–water partition coefficient (Wildman–Crippen LogP) is 3.25. The number of nitrogens with one attached hydrogen (secondary N) is 1. The summed E-state index contributed by atoms with van der Waals surface area (Å²) >= 11 is 5.98. The van der Waals surface area contributed by atoms with Crippen molar-refractivity contribution < 1.29 is 4.42 Å². The second kappa shape index (κ2) is 4.36. The Hall–Kier alpha value is -1.48. The monoisotopic (exact) mass is 222 g/mol. The Morgan fingerprint density at radius 3 is 2.87 bits per heavy atom. The van der Waals surface area contributed by atoms with Crippen LogP contribution in [0.3, 0.4) is 0 Å². The number of benzene rings is 1. The first-order chi connectivity index (χ1) is 7.25. The van der Waals surface area contributed by atoms with Crippen molar-refractivity contribution in [1.82, 2.24) is 4.98 Å². The Balaban J connectivity index is 2.02. The molecule has 0 aliphatic heterocycles. The molecule has 0 atom stereocenters. The summed E-state index contributed by atoms with van der Waals surface area (Å²) in [7, 11) is 0. The van der Waals surface area contributed by atoms with Crippen LogP contribution in [0.1, 0.15) is 11.7 Å². The Labute approximate surface area is 93.1 Å². The molecule has 1 aromatic carbocycles. The summed E-state index contributed by atoms with van der Waals surface area (Å²) in [6.45, 7) is 2.41. The molecule has 78 valence electrons. The number of hydrogen-bond acceptors (Lipinski definition) is 3. The number of oxazole rings is 1. The van der Waals surface area contributed by atoms with E-state index in [2.05, 4.69) is 10.3 Å². The van der Waals surface area contributed by atoms with Crippen LogP contribution >= 0.6 is 11.6 Å². The fraction of sp³-hybridized carbons (Fsp3) is 0.182. The lowest BCUT2D eigenvalue weighted by Crippen LogP contribution is -1.99. The zero-order valence-corrected chi connectivity index (χ0v) is 9.08. The van der Waals surface area contributed by atoms with Crippen LogP contribution in [0.15, 0.2) is 34.9 Å². The molecule has 15 heavy (non-hydrogen) atoms. The van der Waals surface area contributed by atoms with Crippen LogP contribution < -0.4 is 5.32 Å². The van der Waals surface area contributed by atoms with Gasteiger partial charge in [-0.1, -0.05) is 23.7 Å². The number of nitrogens with zero attached hydrogens (tertiary/aromatic N) is 1. The molecule has 0 unspecified atom stereocenters. The highest BCUT2D eigenvalue weighted by molar-refractivity contribution is 6.33. The van der Waals surface area contributed by atoms with Gasteiger partial charge < -0.3 is 9.73 Å². The minimum absolute atomic E-state index is 0.539. The average molecular weight is 223 g/mol. The minimum atomic E-state index is 0.539. The average Bonchev–Trinajstić information content (AvgIpc) is 2.63. The van der Waals surface area contributed by atoms with Crippen LogP contribution in [-0.2, 0) is 6.54 Å². The summed E-state index contributed by atoms with van der Waals surface area (Å²) < 4.78 is 5.33. The van der Waals surface area contributed by atoms with Crippen LogP contribution in [0, 0.1) is 6.92 Å². The van der Waals surface area contributed by atoms with Crippen molar-refractivity contribution in [2.45, 2.75) is 13.5 Å². The highest BCUT2D eigenvalue weighted by Gasteiger charge is 2.02. The second-order valence-corrected chi connectivity index (χ2v) is 3.61. The van der Waals surface area contributed by atoms with Gasteiger partial charge >= 0.3 is 0 Å². The van der Waals surface area contributed by atoms with Crippen molar-refractivity contribution in [2.24, 2.45) is 0 Å². The molecule has 2 aromatic rings. The zero-order chi connectivity index (χ0) is 10.7. The summed E-state index contributed by atoms with van der Waals surface area (Å²) in [4.78, 5) is 4.09. The van der Waals surface area contributed by atoms with Gasteiger partial charge in [0.1, 0.15) is 5.76 Å². The van der Waals surface area contributed by atoms with Crippen LogP contribution in [0.25, 0.3) is 0 Å². The molecule has 1 aromatic heterocycles. The maximum absolute atomic E-state index is 5.98. The largest absolute Gasteiger partial charge is 0.444 e. The Morgan fingerprint density at radius 2 is 2.20 bits per heavy atom. The number of aryl methyl sites for hydroxylation is 1. The third kappa shape index (κ3) is 2.50. The molecule has 2 rings (SSSR count). The van der Waals surface area contributed by atoms with E-state index >= 15 is 0 Å². The van der Waals surface area contributed by atoms with Crippen molar-refractivity contribution in [1.29, 1.82) is 0 Å². The molecule has 0 amide bonds. The fourth-order valence-electron chi connectivity index (χ4n) is 1.26. The van der Waals surface area contributed by atoms with E-state index in [1.807, 2.05) is 31.2 Å². The highest BCUT2D eigenvalue weighted by atomic mass is 35.5. The summed E-state index contributed by atoms with van der Waals surface area (Å²) in [5.74, 6) is 1.47. The molecule has 1 heterocycles. The number of halogens is 1. The highest BCUT2D eigenvalue weighted by Crippen LogP contribution is 2.20. The molecule has 1 N–H and O–H groups in total. The summed E-state index contributed by atoms with van der Waals surface area (Å²) in [6.07, 6.45) is 1.70. The van der Waals surface area contributed by atoms with Gasteiger partial charge in [-0.05, 0) is 19.1 Å². The Bertz CT molecular complexity index is 453. The molecule has 0 aliphatic rings. The Morgan fingerprint density at radius 1 is 1.40 bits per heavy atom. The number of anilines is 1. The van der Waals surface area contributed by atoms with Crippen LogP contribution in [-0.4, -0.2) is 4.98 Å². The van der Waals surface area contributed by atoms with E-state index in [0.717, 1.165) is 11.4 Å². The van der Waals surface area contributed by atoms with Gasteiger partial charge in [0.05, 0.1) is 23.5 Å². The molecule has 0 radical (unpaired) electrons. The first-order valence-electron chi connectivity index (χ1n) is 4.65. The predicted molar refractivity (Wildman–Crippen MR) is 60.0 cm³/mol. The lowest BCUT2D eigenvalue weighted by atomic mass is 10.3. The molecule has 0 saturated carbocycles. The SMILES string of the molecule is Cc1cnc(CNc2ccccc2Cl)o1. The van der Waals surface area contributed by atoms with Gasteiger partial charge in [-0.2, -0.15) is 0 Å². The van der Waals surface area contributed by atoms with Crippen LogP contribution in [0.2, 0.25) is 5.02 Å². The van der Waals surface area contributed by atoms with E-state index in [-0.39, 0.29) is 0 Å². The lowest BCUT2D eigenvalue weighted by Gasteiger charge is -2.04. The van der Waals surface area contributed by atoms with Gasteiger partial charge in [0.15, 0.2) is 0 Å². The summed E-state index contributed by atoms with van der Waals surface area (Å²) in [5, 5.41) is 3.85. The second-order valence-electron chi connectivity index (χ2n) is 3.20. The van der Waals surface area contributed by atoms with E-state index in [9.17, 15) is 0 Å². The maximum atomic E-state index is 5.98. The van der Waals surface area contributed by atoms with E-state index in [1.54, 1.807) is 6.20 Å². The smallest absolute Gasteiger partial charge is 0.213 e. The van der Waals surface area contributed by atoms with Gasteiger partial charge in [0.25, 0.3) is 0 Å². The molecule has 4 heteroatoms. The van der Waals surface area contributed by atoms with E-state index < -0.39 is 0 Å². The summed E-state index contributed by atoms with van der Waals surface area (Å²) in [5.41, 5.74) is 0.884. The lowest BCUT2D eigenvalue weighted by molar-refractivity contribution is 0.479. The zero-order valence-electron chi connectivity index (χ0n) is 8.33. The van der Waals surface area contributed by atoms with E-state index in [1.165, 1.54) is 0 Å². The van der Waals surface area contributed by atoms with Crippen molar-refractivity contribution in [2.75, 3.05) is 5.32 Å². The summed E-state index contributed by atoms with van der Waals surface area (Å²) in [6, 6.07) is 7.57. The van der Waals surface area contributed by atoms with Gasteiger partial charge in [0, 0.05) is 0 Å². The molecular weight excluding hydrogens is 212 g/mol. The maximum Gasteiger partial charge on any atom is 0.213 e. The number of hydrogen-bond donors (Lipinski definition) is 1. The molecule has 0 aliphatic carbocycles. The van der Waals surface area contributed by atoms with E-state index in [0.29, 0.717) is 17.5 Å². The molecule has 0 spiro atoms. The van der Waals surface area contributed by atoms with Gasteiger partial charge in [-0.3, -0.25) is 0 Å². The Kier molecular flexibility index (Phi) is 2.92. The number of rotatable bonds is 3. The molecule has 0 bridgehead atoms. The van der Waals surface area contributed by atoms with Crippen molar-refractivity contribution in [3.05, 3.63) is 47.1 Å². The van der Waals surface area contributed by atoms with Gasteiger partial charge in [0.2, 0.25) is 5.89 Å². The topological polar surface area (TPSA) is 38.1 Å². The molecular formula is C11H11ClN2O. The first-order valence-corrected chi connectivity index (χ1v) is 5.03. The van der Waals surface area contributed by atoms with Crippen molar-refractivity contribution in [3.63, 3.8) is 0 Å². The van der Waals surface area contributed by atoms with Crippen molar-refractivity contribution >= 4 is 17.3 Å². The molecule has 0 fully saturated rings. The number of para-hydroxylation sites is 1. The minimum Gasteiger partial charge on any atom is -0.444 e. The standard InChI is InChI=1S/C11H11ClN2O/c1-8-6-14-11(15-8)7-13-10-5-3-2-4-9(10)12/h2-6,13H,7H2,1H3. The van der Waals surface area contributed by atoms with Crippen LogP contribution in [0.4, 0.5) is 5.69 Å². The van der Waals surface area contributed by atoms with Crippen LogP contribution in [0.5, 0.6) is 0 Å². The molecule has 0 saturated heterocycles. The first kappa shape index (κ1) is 10.1. The van der Waals surface area contributed by atoms with Crippen molar-refractivity contribution in [3.8, 4) is 0 Å². The van der Waals surface area contributed by atoms with E-state index in [4.69, 9.17) is 16.0 Å².